The number of carbonyl (C=O) groups is 3. The Labute approximate surface area is 251 Å². The van der Waals surface area contributed by atoms with Gasteiger partial charge in [-0.2, -0.15) is 10.4 Å². The predicted octanol–water partition coefficient (Wildman–Crippen LogP) is 2.79. The summed E-state index contributed by atoms with van der Waals surface area (Å²) < 4.78 is 1.63. The number of halogens is 2. The van der Waals surface area contributed by atoms with Gasteiger partial charge in [0.1, 0.15) is 6.04 Å². The van der Waals surface area contributed by atoms with Crippen molar-refractivity contribution in [3.05, 3.63) is 69.0 Å². The van der Waals surface area contributed by atoms with E-state index in [-0.39, 0.29) is 40.6 Å². The Kier molecular flexibility index (Phi) is 8.51. The maximum absolute atomic E-state index is 13.3. The third-order valence-electron chi connectivity index (χ3n) is 7.46. The zero-order valence-electron chi connectivity index (χ0n) is 22.7. The number of benzene rings is 1. The van der Waals surface area contributed by atoms with Gasteiger partial charge in [0.25, 0.3) is 11.8 Å². The molecule has 3 N–H and O–H groups in total. The molecule has 42 heavy (non-hydrogen) atoms. The number of aliphatic carboxylic acids is 1. The molecule has 2 aromatic heterocycles. The number of amides is 2. The number of carboxylic acid groups (broad SMARTS) is 1. The number of fused-ring (bicyclic) bond motifs is 2. The van der Waals surface area contributed by atoms with Gasteiger partial charge in [0.15, 0.2) is 5.69 Å². The van der Waals surface area contributed by atoms with E-state index in [1.165, 1.54) is 0 Å². The van der Waals surface area contributed by atoms with Crippen LogP contribution in [-0.4, -0.2) is 80.5 Å². The number of rotatable bonds is 6. The first-order chi connectivity index (χ1) is 20.2. The minimum absolute atomic E-state index is 0.0353. The summed E-state index contributed by atoms with van der Waals surface area (Å²) in [4.78, 5) is 45.8. The number of hydrogen-bond donors (Lipinski definition) is 3. The number of hydrogen-bond acceptors (Lipinski definition) is 6. The van der Waals surface area contributed by atoms with E-state index in [0.29, 0.717) is 48.8 Å². The molecule has 2 aliphatic rings. The Morgan fingerprint density at radius 3 is 2.74 bits per heavy atom. The van der Waals surface area contributed by atoms with E-state index < -0.39 is 17.9 Å². The van der Waals surface area contributed by atoms with Crippen LogP contribution in [0.3, 0.4) is 0 Å². The third-order valence-corrected chi connectivity index (χ3v) is 8.17. The van der Waals surface area contributed by atoms with Gasteiger partial charge in [-0.05, 0) is 54.2 Å². The molecule has 14 heteroatoms. The highest BCUT2D eigenvalue weighted by Gasteiger charge is 2.31. The van der Waals surface area contributed by atoms with Crippen molar-refractivity contribution in [1.29, 1.82) is 5.26 Å². The average molecular weight is 611 g/mol. The second-order valence-electron chi connectivity index (χ2n) is 10.4. The van der Waals surface area contributed by atoms with E-state index in [0.717, 1.165) is 11.9 Å². The molecular weight excluding hydrogens is 583 g/mol. The van der Waals surface area contributed by atoms with Crippen LogP contribution in [0.25, 0.3) is 5.52 Å². The third kappa shape index (κ3) is 5.98. The number of nitriles is 1. The molecule has 0 aliphatic carbocycles. The van der Waals surface area contributed by atoms with Crippen LogP contribution < -0.4 is 10.6 Å². The number of nitrogens with one attached hydrogen (secondary N) is 2. The van der Waals surface area contributed by atoms with E-state index in [2.05, 4.69) is 27.6 Å². The molecule has 0 radical (unpaired) electrons. The number of likely N-dealkylation sites (tertiary alicyclic amines) is 1. The first kappa shape index (κ1) is 29.2. The van der Waals surface area contributed by atoms with Crippen LogP contribution in [0.15, 0.2) is 41.5 Å². The number of carboxylic acids is 1. The van der Waals surface area contributed by atoms with Crippen molar-refractivity contribution in [2.45, 2.75) is 32.4 Å². The van der Waals surface area contributed by atoms with Gasteiger partial charge in [-0.3, -0.25) is 9.59 Å². The second kappa shape index (κ2) is 12.3. The molecule has 0 spiro atoms. The second-order valence-corrected chi connectivity index (χ2v) is 11.2. The maximum atomic E-state index is 13.3. The van der Waals surface area contributed by atoms with Crippen molar-refractivity contribution in [3.63, 3.8) is 0 Å². The summed E-state index contributed by atoms with van der Waals surface area (Å²) in [5.74, 6) is -1.60. The van der Waals surface area contributed by atoms with Gasteiger partial charge >= 0.3 is 5.97 Å². The van der Waals surface area contributed by atoms with Crippen LogP contribution in [-0.2, 0) is 17.8 Å². The van der Waals surface area contributed by atoms with Crippen molar-refractivity contribution < 1.29 is 19.5 Å². The minimum atomic E-state index is -1.36. The first-order valence-corrected chi connectivity index (χ1v) is 14.1. The van der Waals surface area contributed by atoms with Gasteiger partial charge < -0.3 is 25.5 Å². The molecule has 3 aromatic rings. The van der Waals surface area contributed by atoms with E-state index in [9.17, 15) is 19.5 Å². The minimum Gasteiger partial charge on any atom is -0.480 e. The summed E-state index contributed by atoms with van der Waals surface area (Å²) in [6.07, 6.45) is 4.79. The highest BCUT2D eigenvalue weighted by molar-refractivity contribution is 6.40. The Morgan fingerprint density at radius 1 is 1.24 bits per heavy atom. The van der Waals surface area contributed by atoms with Gasteiger partial charge in [0, 0.05) is 38.9 Å². The number of pyridine rings is 1. The van der Waals surface area contributed by atoms with Crippen molar-refractivity contribution >= 4 is 52.5 Å². The summed E-state index contributed by atoms with van der Waals surface area (Å²) in [5, 5.41) is 28.7. The molecular formula is C28H28Cl2N8O4. The Balaban J connectivity index is 1.29. The molecule has 12 nitrogen and oxygen atoms in total. The standard InChI is InChI=1S/C28H28Cl2N8O4/c1-16-5-8-37(13-16)28(33-15-31)32-12-22(27(41)42)34-25(39)23-20(29)10-17-14-36(9-6-19(17)24(23)30)26(40)21-11-18-4-2-3-7-38(18)35-21/h2-4,7,10-11,16,22H,5-6,8-9,12-14H2,1H3,(H,32,33)(H,34,39)(H,41,42)/t16-,22-/m0/s1. The lowest BCUT2D eigenvalue weighted by Crippen LogP contribution is -2.51. The molecule has 4 heterocycles. The molecule has 0 unspecified atom stereocenters. The van der Waals surface area contributed by atoms with E-state index in [1.807, 2.05) is 23.1 Å². The fraction of sp³-hybridized carbons (Fsp3) is 0.357. The summed E-state index contributed by atoms with van der Waals surface area (Å²) in [5.41, 5.74) is 2.44. The average Bonchev–Trinajstić information content (AvgIpc) is 3.60. The molecule has 2 atom stereocenters. The zero-order chi connectivity index (χ0) is 30.0. The van der Waals surface area contributed by atoms with Crippen LogP contribution in [0.1, 0.15) is 45.3 Å². The molecule has 2 amide bonds. The van der Waals surface area contributed by atoms with Crippen molar-refractivity contribution in [2.75, 3.05) is 26.2 Å². The van der Waals surface area contributed by atoms with Gasteiger partial charge in [0.2, 0.25) is 12.2 Å². The fourth-order valence-electron chi connectivity index (χ4n) is 5.26. The number of carbonyl (C=O) groups excluding carboxylic acids is 2. The van der Waals surface area contributed by atoms with Crippen LogP contribution in [0.2, 0.25) is 10.0 Å². The largest absolute Gasteiger partial charge is 0.480 e. The lowest BCUT2D eigenvalue weighted by Gasteiger charge is -2.30. The summed E-state index contributed by atoms with van der Waals surface area (Å²) >= 11 is 13.2. The Hall–Kier alpha value is -4.34. The number of guanidine groups is 1. The van der Waals surface area contributed by atoms with Crippen molar-refractivity contribution in [2.24, 2.45) is 10.9 Å². The molecule has 1 aromatic carbocycles. The summed E-state index contributed by atoms with van der Waals surface area (Å²) in [7, 11) is 0. The Bertz CT molecular complexity index is 1600. The molecule has 2 aliphatic heterocycles. The zero-order valence-corrected chi connectivity index (χ0v) is 24.2. The summed E-state index contributed by atoms with van der Waals surface area (Å²) in [6, 6.07) is 7.50. The van der Waals surface area contributed by atoms with Crippen LogP contribution >= 0.6 is 23.2 Å². The molecule has 1 fully saturated rings. The van der Waals surface area contributed by atoms with E-state index in [4.69, 9.17) is 28.5 Å². The van der Waals surface area contributed by atoms with Gasteiger partial charge in [-0.25, -0.2) is 9.31 Å². The van der Waals surface area contributed by atoms with Crippen molar-refractivity contribution in [1.82, 2.24) is 30.0 Å². The number of nitrogens with zero attached hydrogens (tertiary/aromatic N) is 6. The number of aliphatic imine (C=N–C) groups is 1. The van der Waals surface area contributed by atoms with E-state index in [1.54, 1.807) is 33.9 Å². The van der Waals surface area contributed by atoms with Crippen LogP contribution in [0.4, 0.5) is 0 Å². The lowest BCUT2D eigenvalue weighted by molar-refractivity contribution is -0.139. The molecule has 5 rings (SSSR count). The van der Waals surface area contributed by atoms with Crippen LogP contribution in [0, 0.1) is 17.4 Å². The molecule has 0 bridgehead atoms. The quantitative estimate of drug-likeness (QED) is 0.218. The SMILES string of the molecule is C[C@H]1CCN(/C(=N/C#N)NC[C@H](NC(=O)c2c(Cl)cc3c(c2Cl)CCN(C(=O)c2cc4ccccn4n2)C3)C(=O)O)C1. The smallest absolute Gasteiger partial charge is 0.328 e. The number of aromatic nitrogens is 2. The highest BCUT2D eigenvalue weighted by Crippen LogP contribution is 2.35. The monoisotopic (exact) mass is 610 g/mol. The Morgan fingerprint density at radius 2 is 2.05 bits per heavy atom. The maximum Gasteiger partial charge on any atom is 0.328 e. The van der Waals surface area contributed by atoms with Crippen molar-refractivity contribution in [3.8, 4) is 6.19 Å². The normalized spacial score (nSPS) is 17.5. The fourth-order valence-corrected chi connectivity index (χ4v) is 6.02. The molecule has 0 saturated carbocycles. The summed E-state index contributed by atoms with van der Waals surface area (Å²) in [6.45, 7) is 3.79. The van der Waals surface area contributed by atoms with Crippen LogP contribution in [0.5, 0.6) is 0 Å². The molecule has 1 saturated heterocycles. The molecule has 218 valence electrons. The predicted molar refractivity (Wildman–Crippen MR) is 155 cm³/mol. The first-order valence-electron chi connectivity index (χ1n) is 13.4. The van der Waals surface area contributed by atoms with Gasteiger partial charge in [-0.15, -0.1) is 4.99 Å². The lowest BCUT2D eigenvalue weighted by atomic mass is 9.96. The van der Waals surface area contributed by atoms with E-state index >= 15 is 0 Å². The highest BCUT2D eigenvalue weighted by atomic mass is 35.5. The van der Waals surface area contributed by atoms with Gasteiger partial charge in [-0.1, -0.05) is 36.2 Å². The topological polar surface area (TPSA) is 155 Å². The van der Waals surface area contributed by atoms with Gasteiger partial charge in [0.05, 0.1) is 21.1 Å².